The zero-order chi connectivity index (χ0) is 15.0. The minimum absolute atomic E-state index is 0.236. The normalized spacial score (nSPS) is 12.6. The molecule has 3 nitrogen and oxygen atoms in total. The van der Waals surface area contributed by atoms with Gasteiger partial charge in [0.2, 0.25) is 0 Å². The Morgan fingerprint density at radius 2 is 1.86 bits per heavy atom. The number of halogens is 1. The van der Waals surface area contributed by atoms with Crippen LogP contribution < -0.4 is 4.74 Å². The Bertz CT molecular complexity index is 774. The van der Waals surface area contributed by atoms with Crippen LogP contribution in [0.1, 0.15) is 30.0 Å². The molecule has 3 aromatic rings. The molecular formula is C17H17FN2O. The largest absolute Gasteiger partial charge is 0.482 e. The highest BCUT2D eigenvalue weighted by molar-refractivity contribution is 5.75. The van der Waals surface area contributed by atoms with Gasteiger partial charge >= 0.3 is 0 Å². The third-order valence-electron chi connectivity index (χ3n) is 3.55. The van der Waals surface area contributed by atoms with Crippen LogP contribution in [0.15, 0.2) is 36.4 Å². The van der Waals surface area contributed by atoms with E-state index in [0.717, 1.165) is 22.4 Å². The predicted molar refractivity (Wildman–Crippen MR) is 81.0 cm³/mol. The average Bonchev–Trinajstić information content (AvgIpc) is 2.86. The number of aryl methyl sites for hydroxylation is 2. The lowest BCUT2D eigenvalue weighted by Crippen LogP contribution is -2.07. The van der Waals surface area contributed by atoms with Gasteiger partial charge in [-0.3, -0.25) is 0 Å². The number of nitrogens with zero attached hydrogens (tertiary/aromatic N) is 1. The monoisotopic (exact) mass is 284 g/mol. The number of fused-ring (bicyclic) bond motifs is 1. The highest BCUT2D eigenvalue weighted by Gasteiger charge is 2.15. The van der Waals surface area contributed by atoms with Crippen LogP contribution in [0.2, 0.25) is 0 Å². The molecule has 0 saturated heterocycles. The van der Waals surface area contributed by atoms with Gasteiger partial charge in [-0.05, 0) is 50.1 Å². The van der Waals surface area contributed by atoms with E-state index in [1.54, 1.807) is 6.07 Å². The lowest BCUT2D eigenvalue weighted by atomic mass is 10.1. The van der Waals surface area contributed by atoms with Crippen LogP contribution in [-0.4, -0.2) is 9.97 Å². The summed E-state index contributed by atoms with van der Waals surface area (Å²) in [7, 11) is 0. The summed E-state index contributed by atoms with van der Waals surface area (Å²) in [6.07, 6.45) is -0.236. The highest BCUT2D eigenvalue weighted by Crippen LogP contribution is 2.28. The number of benzene rings is 2. The maximum atomic E-state index is 13.2. The minimum atomic E-state index is -0.277. The standard InChI is InChI=1S/C17H17FN2O/c1-10-5-4-6-11(2)16(10)21-12(3)17-19-14-8-7-13(18)9-15(14)20-17/h4-9,12H,1-3H3,(H,19,20). The van der Waals surface area contributed by atoms with Crippen LogP contribution in [0, 0.1) is 19.7 Å². The maximum absolute atomic E-state index is 13.2. The molecule has 0 radical (unpaired) electrons. The smallest absolute Gasteiger partial charge is 0.153 e. The van der Waals surface area contributed by atoms with Gasteiger partial charge in [-0.2, -0.15) is 0 Å². The predicted octanol–water partition coefficient (Wildman–Crippen LogP) is 4.46. The molecule has 0 aliphatic heterocycles. The molecule has 0 spiro atoms. The molecule has 0 aliphatic carbocycles. The van der Waals surface area contributed by atoms with Crippen LogP contribution in [-0.2, 0) is 0 Å². The first-order chi connectivity index (χ1) is 10.0. The molecule has 1 N–H and O–H groups in total. The zero-order valence-corrected chi connectivity index (χ0v) is 12.3. The summed E-state index contributed by atoms with van der Waals surface area (Å²) in [5.74, 6) is 1.29. The van der Waals surface area contributed by atoms with Gasteiger partial charge in [0.1, 0.15) is 17.4 Å². The topological polar surface area (TPSA) is 37.9 Å². The van der Waals surface area contributed by atoms with Crippen LogP contribution in [0.25, 0.3) is 11.0 Å². The first-order valence-electron chi connectivity index (χ1n) is 6.92. The molecule has 0 bridgehead atoms. The van der Waals surface area contributed by atoms with E-state index in [0.29, 0.717) is 11.3 Å². The quantitative estimate of drug-likeness (QED) is 0.771. The number of para-hydroxylation sites is 1. The number of hydrogen-bond acceptors (Lipinski definition) is 2. The van der Waals surface area contributed by atoms with Gasteiger partial charge in [-0.15, -0.1) is 0 Å². The number of rotatable bonds is 3. The van der Waals surface area contributed by atoms with Crippen LogP contribution >= 0.6 is 0 Å². The first kappa shape index (κ1) is 13.6. The van der Waals surface area contributed by atoms with Crippen molar-refractivity contribution in [2.75, 3.05) is 0 Å². The van der Waals surface area contributed by atoms with Crippen molar-refractivity contribution in [1.29, 1.82) is 0 Å². The fourth-order valence-corrected chi connectivity index (χ4v) is 2.41. The Hall–Kier alpha value is -2.36. The highest BCUT2D eigenvalue weighted by atomic mass is 19.1. The second-order valence-corrected chi connectivity index (χ2v) is 5.26. The number of aromatic nitrogens is 2. The van der Waals surface area contributed by atoms with E-state index in [4.69, 9.17) is 4.74 Å². The summed E-state index contributed by atoms with van der Waals surface area (Å²) in [6.45, 7) is 5.96. The van der Waals surface area contributed by atoms with Gasteiger partial charge in [0.05, 0.1) is 11.0 Å². The third-order valence-corrected chi connectivity index (χ3v) is 3.55. The van der Waals surface area contributed by atoms with E-state index < -0.39 is 0 Å². The molecule has 1 unspecified atom stereocenters. The van der Waals surface area contributed by atoms with Crippen molar-refractivity contribution in [3.8, 4) is 5.75 Å². The molecule has 1 atom stereocenters. The Morgan fingerprint density at radius 3 is 2.57 bits per heavy atom. The Labute approximate surface area is 122 Å². The van der Waals surface area contributed by atoms with E-state index in [2.05, 4.69) is 9.97 Å². The van der Waals surface area contributed by atoms with Crippen molar-refractivity contribution in [2.45, 2.75) is 26.9 Å². The number of H-pyrrole nitrogens is 1. The van der Waals surface area contributed by atoms with Crippen molar-refractivity contribution in [1.82, 2.24) is 9.97 Å². The van der Waals surface area contributed by atoms with Crippen LogP contribution in [0.5, 0.6) is 5.75 Å². The molecule has 108 valence electrons. The average molecular weight is 284 g/mol. The van der Waals surface area contributed by atoms with Gasteiger partial charge in [0, 0.05) is 0 Å². The Morgan fingerprint density at radius 1 is 1.14 bits per heavy atom. The third kappa shape index (κ3) is 2.61. The number of imidazole rings is 1. The molecule has 21 heavy (non-hydrogen) atoms. The van der Waals surface area contributed by atoms with Crippen molar-refractivity contribution in [3.63, 3.8) is 0 Å². The maximum Gasteiger partial charge on any atom is 0.153 e. The summed E-state index contributed by atoms with van der Waals surface area (Å²) in [5.41, 5.74) is 3.60. The molecular weight excluding hydrogens is 267 g/mol. The van der Waals surface area contributed by atoms with Gasteiger partial charge in [-0.25, -0.2) is 9.37 Å². The van der Waals surface area contributed by atoms with Gasteiger partial charge < -0.3 is 9.72 Å². The van der Waals surface area contributed by atoms with Crippen LogP contribution in [0.4, 0.5) is 4.39 Å². The molecule has 0 fully saturated rings. The summed E-state index contributed by atoms with van der Waals surface area (Å²) < 4.78 is 19.3. The molecule has 0 saturated carbocycles. The SMILES string of the molecule is Cc1cccc(C)c1OC(C)c1nc2ccc(F)cc2[nH]1. The number of aromatic amines is 1. The lowest BCUT2D eigenvalue weighted by molar-refractivity contribution is 0.215. The Balaban J connectivity index is 1.91. The second kappa shape index (κ2) is 5.20. The molecule has 4 heteroatoms. The lowest BCUT2D eigenvalue weighted by Gasteiger charge is -2.16. The van der Waals surface area contributed by atoms with Crippen molar-refractivity contribution in [2.24, 2.45) is 0 Å². The summed E-state index contributed by atoms with van der Waals surface area (Å²) in [5, 5.41) is 0. The van der Waals surface area contributed by atoms with Gasteiger partial charge in [-0.1, -0.05) is 18.2 Å². The van der Waals surface area contributed by atoms with Crippen LogP contribution in [0.3, 0.4) is 0 Å². The van der Waals surface area contributed by atoms with E-state index in [-0.39, 0.29) is 11.9 Å². The van der Waals surface area contributed by atoms with Crippen molar-refractivity contribution in [3.05, 3.63) is 59.2 Å². The fourth-order valence-electron chi connectivity index (χ4n) is 2.41. The first-order valence-corrected chi connectivity index (χ1v) is 6.92. The Kier molecular flexibility index (Phi) is 3.37. The summed E-state index contributed by atoms with van der Waals surface area (Å²) in [6, 6.07) is 10.6. The minimum Gasteiger partial charge on any atom is -0.482 e. The molecule has 3 rings (SSSR count). The van der Waals surface area contributed by atoms with E-state index >= 15 is 0 Å². The number of ether oxygens (including phenoxy) is 1. The molecule has 0 amide bonds. The molecule has 0 aliphatic rings. The van der Waals surface area contributed by atoms with Gasteiger partial charge in [0.15, 0.2) is 6.10 Å². The van der Waals surface area contributed by atoms with E-state index in [9.17, 15) is 4.39 Å². The fraction of sp³-hybridized carbons (Fsp3) is 0.235. The van der Waals surface area contributed by atoms with E-state index in [1.807, 2.05) is 39.0 Å². The summed E-state index contributed by atoms with van der Waals surface area (Å²) >= 11 is 0. The molecule has 1 aromatic heterocycles. The number of nitrogens with one attached hydrogen (secondary N) is 1. The zero-order valence-electron chi connectivity index (χ0n) is 12.3. The summed E-state index contributed by atoms with van der Waals surface area (Å²) in [4.78, 5) is 7.58. The molecule has 2 aromatic carbocycles. The number of hydrogen-bond donors (Lipinski definition) is 1. The van der Waals surface area contributed by atoms with E-state index in [1.165, 1.54) is 12.1 Å². The van der Waals surface area contributed by atoms with Gasteiger partial charge in [0.25, 0.3) is 0 Å². The van der Waals surface area contributed by atoms with Crippen molar-refractivity contribution < 1.29 is 9.13 Å². The second-order valence-electron chi connectivity index (χ2n) is 5.26. The molecule has 1 heterocycles. The van der Waals surface area contributed by atoms with Crippen molar-refractivity contribution >= 4 is 11.0 Å².